The van der Waals surface area contributed by atoms with Gasteiger partial charge in [-0.3, -0.25) is 9.59 Å². The Kier molecular flexibility index (Phi) is 6.00. The Hall–Kier alpha value is -1.16. The molecule has 0 radical (unpaired) electrons. The number of ketones is 1. The number of fused-ring (bicyclic) bond motifs is 7. The molecule has 0 aromatic heterocycles. The van der Waals surface area contributed by atoms with E-state index in [9.17, 15) is 14.7 Å². The quantitative estimate of drug-likeness (QED) is 0.428. The van der Waals surface area contributed by atoms with Gasteiger partial charge < -0.3 is 9.84 Å². The first kappa shape index (κ1) is 26.4. The van der Waals surface area contributed by atoms with Crippen LogP contribution >= 0.6 is 0 Å². The van der Waals surface area contributed by atoms with E-state index in [-0.39, 0.29) is 40.7 Å². The van der Waals surface area contributed by atoms with Gasteiger partial charge in [0, 0.05) is 18.3 Å². The zero-order chi connectivity index (χ0) is 26.5. The maximum Gasteiger partial charge on any atom is 0.302 e. The summed E-state index contributed by atoms with van der Waals surface area (Å²) in [4.78, 5) is 26.1. The van der Waals surface area contributed by atoms with E-state index >= 15 is 0 Å². The summed E-state index contributed by atoms with van der Waals surface area (Å²) in [5.41, 5.74) is 0.974. The van der Waals surface area contributed by atoms with Crippen molar-refractivity contribution in [3.05, 3.63) is 11.6 Å². The standard InChI is InChI=1S/C32H50O4/c1-19-9-12-28(4)15-16-31(7)22(26(28)20(19)2)17-23(34)27-29(5)13-11-25(35)30(6,18-36-21(3)33)24(29)10-14-32(27,31)8/h17,19-20,24-27,35H,9-16,18H2,1-8H3/t19-,20+,24-,25-,26+,27-,28-,29+,30-,31-,32-/m1/s1. The second-order valence-electron chi connectivity index (χ2n) is 15.1. The largest absolute Gasteiger partial charge is 0.465 e. The average Bonchev–Trinajstić information content (AvgIpc) is 2.79. The number of hydrogen-bond acceptors (Lipinski definition) is 4. The number of aliphatic hydroxyl groups excluding tert-OH is 1. The summed E-state index contributed by atoms with van der Waals surface area (Å²) in [6.45, 7) is 18.4. The van der Waals surface area contributed by atoms with Gasteiger partial charge in [0.05, 0.1) is 12.7 Å². The predicted octanol–water partition coefficient (Wildman–Crippen LogP) is 6.75. The van der Waals surface area contributed by atoms with E-state index < -0.39 is 11.5 Å². The smallest absolute Gasteiger partial charge is 0.302 e. The average molecular weight is 499 g/mol. The molecule has 5 rings (SSSR count). The van der Waals surface area contributed by atoms with Crippen LogP contribution < -0.4 is 0 Å². The van der Waals surface area contributed by atoms with Crippen LogP contribution in [-0.4, -0.2) is 29.6 Å². The molecule has 4 saturated carbocycles. The van der Waals surface area contributed by atoms with Crippen molar-refractivity contribution in [2.24, 2.45) is 56.7 Å². The Morgan fingerprint density at radius 1 is 1.00 bits per heavy atom. The molecule has 202 valence electrons. The fraction of sp³-hybridized carbons (Fsp3) is 0.875. The third-order valence-electron chi connectivity index (χ3n) is 13.5. The van der Waals surface area contributed by atoms with Crippen molar-refractivity contribution >= 4 is 11.8 Å². The van der Waals surface area contributed by atoms with E-state index in [1.165, 1.54) is 38.2 Å². The number of ether oxygens (including phenoxy) is 1. The molecule has 0 aromatic rings. The Balaban J connectivity index is 1.60. The summed E-state index contributed by atoms with van der Waals surface area (Å²) < 4.78 is 5.54. The maximum absolute atomic E-state index is 14.4. The molecule has 0 spiro atoms. The summed E-state index contributed by atoms with van der Waals surface area (Å²) in [6, 6.07) is 0. The first-order chi connectivity index (χ1) is 16.6. The van der Waals surface area contributed by atoms with Gasteiger partial charge in [-0.2, -0.15) is 0 Å². The number of rotatable bonds is 2. The number of carbonyl (C=O) groups excluding carboxylic acids is 2. The first-order valence-corrected chi connectivity index (χ1v) is 14.7. The SMILES string of the molecule is CC(=O)OC[C@]1(C)[C@@H]2CC[C@]3(C)[C@H](C(=O)C=C4[C@@H]5[C@@H](C)[C@H](C)CC[C@]5(C)CC[C@]43C)[C@@]2(C)CC[C@H]1O. The monoisotopic (exact) mass is 498 g/mol. The molecule has 4 heteroatoms. The fourth-order valence-electron chi connectivity index (χ4n) is 10.9. The molecule has 5 aliphatic carbocycles. The summed E-state index contributed by atoms with van der Waals surface area (Å²) >= 11 is 0. The molecule has 36 heavy (non-hydrogen) atoms. The van der Waals surface area contributed by atoms with Crippen molar-refractivity contribution in [1.82, 2.24) is 0 Å². The van der Waals surface area contributed by atoms with Crippen LogP contribution in [0.5, 0.6) is 0 Å². The molecule has 0 aliphatic heterocycles. The molecular formula is C32H50O4. The van der Waals surface area contributed by atoms with Crippen LogP contribution in [0.4, 0.5) is 0 Å². The van der Waals surface area contributed by atoms with Gasteiger partial charge in [-0.1, -0.05) is 54.0 Å². The van der Waals surface area contributed by atoms with Crippen LogP contribution in [0.3, 0.4) is 0 Å². The van der Waals surface area contributed by atoms with Gasteiger partial charge in [-0.15, -0.1) is 0 Å². The predicted molar refractivity (Wildman–Crippen MR) is 142 cm³/mol. The van der Waals surface area contributed by atoms with E-state index in [2.05, 4.69) is 54.5 Å². The summed E-state index contributed by atoms with van der Waals surface area (Å²) in [6.07, 6.45) is 10.1. The second-order valence-corrected chi connectivity index (χ2v) is 15.1. The number of hydrogen-bond donors (Lipinski definition) is 1. The second kappa shape index (κ2) is 8.17. The summed E-state index contributed by atoms with van der Waals surface area (Å²) in [5.74, 6) is 1.92. The minimum Gasteiger partial charge on any atom is -0.465 e. The lowest BCUT2D eigenvalue weighted by Crippen LogP contribution is -2.67. The maximum atomic E-state index is 14.4. The van der Waals surface area contributed by atoms with Crippen molar-refractivity contribution in [2.45, 2.75) is 113 Å². The molecule has 0 heterocycles. The Morgan fingerprint density at radius 2 is 1.69 bits per heavy atom. The highest BCUT2D eigenvalue weighted by Crippen LogP contribution is 2.75. The van der Waals surface area contributed by atoms with E-state index in [0.29, 0.717) is 35.4 Å². The van der Waals surface area contributed by atoms with E-state index in [4.69, 9.17) is 4.74 Å². The molecule has 0 bridgehead atoms. The van der Waals surface area contributed by atoms with Crippen LogP contribution in [0.2, 0.25) is 0 Å². The molecular weight excluding hydrogens is 448 g/mol. The molecule has 4 nitrogen and oxygen atoms in total. The van der Waals surface area contributed by atoms with Crippen molar-refractivity contribution in [3.63, 3.8) is 0 Å². The van der Waals surface area contributed by atoms with Crippen LogP contribution in [0.15, 0.2) is 11.6 Å². The zero-order valence-electron chi connectivity index (χ0n) is 24.1. The highest BCUT2D eigenvalue weighted by Gasteiger charge is 2.70. The van der Waals surface area contributed by atoms with Crippen LogP contribution in [0.25, 0.3) is 0 Å². The van der Waals surface area contributed by atoms with Gasteiger partial charge in [0.2, 0.25) is 0 Å². The molecule has 1 N–H and O–H groups in total. The summed E-state index contributed by atoms with van der Waals surface area (Å²) in [7, 11) is 0. The van der Waals surface area contributed by atoms with Gasteiger partial charge in [0.15, 0.2) is 5.78 Å². The highest BCUT2D eigenvalue weighted by molar-refractivity contribution is 5.95. The Labute approximate surface area is 219 Å². The lowest BCUT2D eigenvalue weighted by atomic mass is 9.33. The van der Waals surface area contributed by atoms with E-state index in [1.807, 2.05) is 0 Å². The molecule has 11 atom stereocenters. The third kappa shape index (κ3) is 3.27. The molecule has 0 saturated heterocycles. The Morgan fingerprint density at radius 3 is 2.36 bits per heavy atom. The van der Waals surface area contributed by atoms with Crippen LogP contribution in [-0.2, 0) is 14.3 Å². The van der Waals surface area contributed by atoms with E-state index in [0.717, 1.165) is 19.3 Å². The topological polar surface area (TPSA) is 63.6 Å². The van der Waals surface area contributed by atoms with Crippen LogP contribution in [0.1, 0.15) is 107 Å². The number of esters is 1. The van der Waals surface area contributed by atoms with Gasteiger partial charge in [0.1, 0.15) is 0 Å². The zero-order valence-corrected chi connectivity index (χ0v) is 24.1. The molecule has 0 unspecified atom stereocenters. The van der Waals surface area contributed by atoms with Gasteiger partial charge in [0.25, 0.3) is 0 Å². The van der Waals surface area contributed by atoms with Crippen molar-refractivity contribution in [1.29, 1.82) is 0 Å². The van der Waals surface area contributed by atoms with Gasteiger partial charge >= 0.3 is 5.97 Å². The van der Waals surface area contributed by atoms with Crippen molar-refractivity contribution in [2.75, 3.05) is 6.61 Å². The number of carbonyl (C=O) groups is 2. The van der Waals surface area contributed by atoms with Crippen LogP contribution in [0, 0.1) is 56.7 Å². The minimum atomic E-state index is -0.524. The number of aliphatic hydroxyl groups is 1. The first-order valence-electron chi connectivity index (χ1n) is 14.7. The normalized spacial score (nSPS) is 54.4. The van der Waals surface area contributed by atoms with Crippen molar-refractivity contribution < 1.29 is 19.4 Å². The third-order valence-corrected chi connectivity index (χ3v) is 13.5. The minimum absolute atomic E-state index is 0.0252. The molecule has 4 fully saturated rings. The fourth-order valence-corrected chi connectivity index (χ4v) is 10.9. The molecule has 5 aliphatic rings. The number of allylic oxidation sites excluding steroid dienone is 2. The van der Waals surface area contributed by atoms with Gasteiger partial charge in [-0.05, 0) is 103 Å². The summed E-state index contributed by atoms with van der Waals surface area (Å²) in [5, 5.41) is 11.2. The lowest BCUT2D eigenvalue weighted by Gasteiger charge is -2.70. The molecule has 0 aromatic carbocycles. The lowest BCUT2D eigenvalue weighted by molar-refractivity contribution is -0.216. The Bertz CT molecular complexity index is 985. The molecule has 0 amide bonds. The highest BCUT2D eigenvalue weighted by atomic mass is 16.5. The van der Waals surface area contributed by atoms with E-state index in [1.54, 1.807) is 0 Å². The van der Waals surface area contributed by atoms with Crippen molar-refractivity contribution in [3.8, 4) is 0 Å². The van der Waals surface area contributed by atoms with Gasteiger partial charge in [-0.25, -0.2) is 0 Å².